The number of allylic oxidation sites excluding steroid dienone is 2. The van der Waals surface area contributed by atoms with Crippen molar-refractivity contribution in [1.82, 2.24) is 10.2 Å². The fourth-order valence-electron chi connectivity index (χ4n) is 3.76. The van der Waals surface area contributed by atoms with E-state index in [0.29, 0.717) is 29.3 Å². The van der Waals surface area contributed by atoms with Crippen LogP contribution in [0.3, 0.4) is 0 Å². The van der Waals surface area contributed by atoms with Gasteiger partial charge in [-0.05, 0) is 56.1 Å². The Morgan fingerprint density at radius 1 is 1.46 bits per heavy atom. The number of rotatable bonds is 5. The van der Waals surface area contributed by atoms with E-state index in [2.05, 4.69) is 11.9 Å². The van der Waals surface area contributed by atoms with E-state index in [4.69, 9.17) is 17.0 Å². The standard InChI is InChI=1S/C20H24N2O3S/c1-4-7-12-10-13(11-16(25-3)19(12)24)18-17-14(8-6-9-15(17)23)22(5-2)20(26)21-18/h4,10-11,18,24H,1,5-9H2,2-3H3,(H,21,26). The van der Waals surface area contributed by atoms with Gasteiger partial charge in [-0.15, -0.1) is 6.58 Å². The molecule has 0 bridgehead atoms. The number of hydrogen-bond acceptors (Lipinski definition) is 4. The molecular formula is C20H24N2O3S. The number of ketones is 1. The Hall–Kier alpha value is -2.34. The molecule has 0 saturated carbocycles. The Morgan fingerprint density at radius 3 is 2.88 bits per heavy atom. The summed E-state index contributed by atoms with van der Waals surface area (Å²) in [4.78, 5) is 14.8. The van der Waals surface area contributed by atoms with E-state index >= 15 is 0 Å². The Bertz CT molecular complexity index is 800. The van der Waals surface area contributed by atoms with Crippen LogP contribution in [0.4, 0.5) is 0 Å². The van der Waals surface area contributed by atoms with E-state index < -0.39 is 0 Å². The van der Waals surface area contributed by atoms with E-state index in [1.165, 1.54) is 7.11 Å². The van der Waals surface area contributed by atoms with Gasteiger partial charge < -0.3 is 20.1 Å². The molecule has 6 heteroatoms. The number of carbonyl (C=O) groups excluding carboxylic acids is 1. The number of benzene rings is 1. The second-order valence-corrected chi connectivity index (χ2v) is 6.87. The highest BCUT2D eigenvalue weighted by atomic mass is 32.1. The van der Waals surface area contributed by atoms with Crippen molar-refractivity contribution < 1.29 is 14.6 Å². The number of methoxy groups -OCH3 is 1. The molecule has 1 aromatic carbocycles. The van der Waals surface area contributed by atoms with Crippen LogP contribution in [0.25, 0.3) is 0 Å². The molecule has 2 aliphatic rings. The number of Topliss-reactive ketones (excluding diaryl/α,β-unsaturated/α-hetero) is 1. The van der Waals surface area contributed by atoms with Gasteiger partial charge in [-0.1, -0.05) is 6.08 Å². The number of aromatic hydroxyl groups is 1. The molecule has 1 heterocycles. The average molecular weight is 372 g/mol. The lowest BCUT2D eigenvalue weighted by Crippen LogP contribution is -2.49. The predicted octanol–water partition coefficient (Wildman–Crippen LogP) is 3.39. The van der Waals surface area contributed by atoms with Crippen LogP contribution in [0.2, 0.25) is 0 Å². The maximum atomic E-state index is 12.7. The lowest BCUT2D eigenvalue weighted by atomic mass is 9.84. The molecule has 0 fully saturated rings. The normalized spacial score (nSPS) is 19.9. The lowest BCUT2D eigenvalue weighted by molar-refractivity contribution is -0.116. The van der Waals surface area contributed by atoms with Gasteiger partial charge in [0, 0.05) is 29.8 Å². The number of nitrogens with one attached hydrogen (secondary N) is 1. The highest BCUT2D eigenvalue weighted by Crippen LogP contribution is 2.41. The van der Waals surface area contributed by atoms with Gasteiger partial charge in [0.1, 0.15) is 0 Å². The molecule has 26 heavy (non-hydrogen) atoms. The zero-order chi connectivity index (χ0) is 18.8. The number of hydrogen-bond donors (Lipinski definition) is 2. The van der Waals surface area contributed by atoms with Crippen LogP contribution < -0.4 is 10.1 Å². The molecule has 1 atom stereocenters. The fourth-order valence-corrected chi connectivity index (χ4v) is 4.11. The molecule has 0 aromatic heterocycles. The van der Waals surface area contributed by atoms with Crippen LogP contribution in [0, 0.1) is 0 Å². The van der Waals surface area contributed by atoms with Crippen molar-refractivity contribution in [2.45, 2.75) is 38.6 Å². The van der Waals surface area contributed by atoms with Crippen molar-refractivity contribution >= 4 is 23.1 Å². The van der Waals surface area contributed by atoms with Crippen LogP contribution in [0.1, 0.15) is 43.4 Å². The van der Waals surface area contributed by atoms with Crippen LogP contribution in [-0.4, -0.2) is 34.6 Å². The smallest absolute Gasteiger partial charge is 0.173 e. The van der Waals surface area contributed by atoms with Gasteiger partial charge in [0.25, 0.3) is 0 Å². The van der Waals surface area contributed by atoms with Crippen molar-refractivity contribution in [3.05, 3.63) is 47.2 Å². The number of carbonyl (C=O) groups is 1. The minimum atomic E-state index is -0.328. The Balaban J connectivity index is 2.16. The number of thiocarbonyl (C=S) groups is 1. The third kappa shape index (κ3) is 3.09. The van der Waals surface area contributed by atoms with Gasteiger partial charge in [-0.2, -0.15) is 0 Å². The summed E-state index contributed by atoms with van der Waals surface area (Å²) in [6.45, 7) is 6.51. The molecular weight excluding hydrogens is 348 g/mol. The topological polar surface area (TPSA) is 61.8 Å². The number of ether oxygens (including phenoxy) is 1. The molecule has 5 nitrogen and oxygen atoms in total. The van der Waals surface area contributed by atoms with Gasteiger partial charge in [0.05, 0.1) is 13.2 Å². The molecule has 0 saturated heterocycles. The Morgan fingerprint density at radius 2 is 2.23 bits per heavy atom. The summed E-state index contributed by atoms with van der Waals surface area (Å²) in [6.07, 6.45) is 4.49. The maximum Gasteiger partial charge on any atom is 0.173 e. The molecule has 0 spiro atoms. The minimum Gasteiger partial charge on any atom is -0.504 e. The monoisotopic (exact) mass is 372 g/mol. The molecule has 1 unspecified atom stereocenters. The second kappa shape index (κ2) is 7.50. The molecule has 1 aliphatic carbocycles. The lowest BCUT2D eigenvalue weighted by Gasteiger charge is -2.40. The first-order valence-electron chi connectivity index (χ1n) is 8.86. The largest absolute Gasteiger partial charge is 0.504 e. The van der Waals surface area contributed by atoms with E-state index in [9.17, 15) is 9.90 Å². The average Bonchev–Trinajstić information content (AvgIpc) is 2.63. The highest BCUT2D eigenvalue weighted by molar-refractivity contribution is 7.80. The van der Waals surface area contributed by atoms with Gasteiger partial charge in [0.2, 0.25) is 0 Å². The van der Waals surface area contributed by atoms with Crippen molar-refractivity contribution in [1.29, 1.82) is 0 Å². The minimum absolute atomic E-state index is 0.105. The van der Waals surface area contributed by atoms with E-state index in [1.807, 2.05) is 17.9 Å². The van der Waals surface area contributed by atoms with Crippen LogP contribution in [-0.2, 0) is 11.2 Å². The summed E-state index contributed by atoms with van der Waals surface area (Å²) in [5.74, 6) is 0.645. The molecule has 1 aliphatic heterocycles. The van der Waals surface area contributed by atoms with Crippen LogP contribution >= 0.6 is 12.2 Å². The Kier molecular flexibility index (Phi) is 5.32. The molecule has 1 aromatic rings. The van der Waals surface area contributed by atoms with E-state index in [0.717, 1.165) is 36.2 Å². The fraction of sp³-hybridized carbons (Fsp3) is 0.400. The van der Waals surface area contributed by atoms with Gasteiger partial charge >= 0.3 is 0 Å². The molecule has 3 rings (SSSR count). The number of phenols is 1. The van der Waals surface area contributed by atoms with Crippen LogP contribution in [0.5, 0.6) is 11.5 Å². The third-order valence-electron chi connectivity index (χ3n) is 4.97. The first-order valence-corrected chi connectivity index (χ1v) is 9.27. The second-order valence-electron chi connectivity index (χ2n) is 6.49. The van der Waals surface area contributed by atoms with Crippen molar-refractivity contribution in [2.75, 3.05) is 13.7 Å². The maximum absolute atomic E-state index is 12.7. The molecule has 2 N–H and O–H groups in total. The first-order chi connectivity index (χ1) is 12.5. The first kappa shape index (κ1) is 18.5. The van der Waals surface area contributed by atoms with Gasteiger partial charge in [0.15, 0.2) is 22.4 Å². The number of nitrogens with zero attached hydrogens (tertiary/aromatic N) is 1. The van der Waals surface area contributed by atoms with Crippen molar-refractivity contribution in [3.8, 4) is 11.5 Å². The van der Waals surface area contributed by atoms with Gasteiger partial charge in [-0.25, -0.2) is 0 Å². The van der Waals surface area contributed by atoms with E-state index in [-0.39, 0.29) is 17.6 Å². The third-order valence-corrected chi connectivity index (χ3v) is 5.30. The van der Waals surface area contributed by atoms with E-state index in [1.54, 1.807) is 12.1 Å². The zero-order valence-electron chi connectivity index (χ0n) is 15.2. The van der Waals surface area contributed by atoms with Crippen LogP contribution in [0.15, 0.2) is 36.1 Å². The summed E-state index contributed by atoms with van der Waals surface area (Å²) in [6, 6.07) is 3.34. The summed E-state index contributed by atoms with van der Waals surface area (Å²) < 4.78 is 5.34. The summed E-state index contributed by atoms with van der Waals surface area (Å²) in [5.41, 5.74) is 3.38. The summed E-state index contributed by atoms with van der Waals surface area (Å²) in [5, 5.41) is 14.3. The molecule has 0 radical (unpaired) electrons. The molecule has 138 valence electrons. The van der Waals surface area contributed by atoms with Gasteiger partial charge in [-0.3, -0.25) is 4.79 Å². The predicted molar refractivity (Wildman–Crippen MR) is 105 cm³/mol. The SMILES string of the molecule is C=CCc1cc(C2NC(=S)N(CC)C3=C2C(=O)CCC3)cc(OC)c1O. The molecule has 0 amide bonds. The number of phenolic OH excluding ortho intramolecular Hbond substituents is 1. The summed E-state index contributed by atoms with van der Waals surface area (Å²) in [7, 11) is 1.52. The highest BCUT2D eigenvalue weighted by Gasteiger charge is 2.37. The Labute approximate surface area is 159 Å². The quantitative estimate of drug-likeness (QED) is 0.610. The zero-order valence-corrected chi connectivity index (χ0v) is 16.0. The van der Waals surface area contributed by atoms with Crippen molar-refractivity contribution in [2.24, 2.45) is 0 Å². The summed E-state index contributed by atoms with van der Waals surface area (Å²) >= 11 is 5.55. The van der Waals surface area contributed by atoms with Crippen molar-refractivity contribution in [3.63, 3.8) is 0 Å².